The predicted molar refractivity (Wildman–Crippen MR) is 77.2 cm³/mol. The summed E-state index contributed by atoms with van der Waals surface area (Å²) in [7, 11) is 0. The third kappa shape index (κ3) is 1.82. The molecule has 2 heterocycles. The molecule has 0 aromatic heterocycles. The Morgan fingerprint density at radius 2 is 1.76 bits per heavy atom. The molecule has 1 aromatic rings. The molecule has 110 valence electrons. The Kier molecular flexibility index (Phi) is 3.16. The highest BCUT2D eigenvalue weighted by Gasteiger charge is 2.47. The molecule has 0 saturated carbocycles. The fourth-order valence-electron chi connectivity index (χ4n) is 3.04. The van der Waals surface area contributed by atoms with Crippen LogP contribution in [-0.2, 0) is 0 Å². The van der Waals surface area contributed by atoms with Crippen molar-refractivity contribution in [3.8, 4) is 0 Å². The van der Waals surface area contributed by atoms with E-state index in [0.29, 0.717) is 24.3 Å². The summed E-state index contributed by atoms with van der Waals surface area (Å²) in [5, 5.41) is 0. The third-order valence-corrected chi connectivity index (χ3v) is 4.06. The Labute approximate surface area is 122 Å². The summed E-state index contributed by atoms with van der Waals surface area (Å²) >= 11 is 0. The number of para-hydroxylation sites is 1. The van der Waals surface area contributed by atoms with E-state index in [-0.39, 0.29) is 24.3 Å². The molecule has 1 atom stereocenters. The molecule has 0 N–H and O–H groups in total. The van der Waals surface area contributed by atoms with Crippen LogP contribution in [0.5, 0.6) is 0 Å². The van der Waals surface area contributed by atoms with Crippen LogP contribution in [-0.4, -0.2) is 46.9 Å². The largest absolute Gasteiger partial charge is 0.334 e. The molecule has 2 aliphatic rings. The first-order chi connectivity index (χ1) is 10.1. The number of hydrogen-bond acceptors (Lipinski definition) is 3. The van der Waals surface area contributed by atoms with Crippen LogP contribution in [0.15, 0.2) is 24.3 Å². The smallest absolute Gasteiger partial charge is 0.303 e. The summed E-state index contributed by atoms with van der Waals surface area (Å²) < 4.78 is 0. The van der Waals surface area contributed by atoms with Crippen molar-refractivity contribution in [2.75, 3.05) is 18.0 Å². The highest BCUT2D eigenvalue weighted by Crippen LogP contribution is 2.35. The summed E-state index contributed by atoms with van der Waals surface area (Å²) in [6.07, 6.45) is -0.361. The number of carbonyl (C=O) groups excluding carboxylic acids is 3. The van der Waals surface area contributed by atoms with Crippen LogP contribution >= 0.6 is 0 Å². The lowest BCUT2D eigenvalue weighted by Gasteiger charge is -2.48. The number of imide groups is 1. The lowest BCUT2D eigenvalue weighted by atomic mass is 9.97. The summed E-state index contributed by atoms with van der Waals surface area (Å²) in [4.78, 5) is 41.6. The topological polar surface area (TPSA) is 60.9 Å². The molecule has 1 unspecified atom stereocenters. The molecule has 2 aliphatic heterocycles. The molecule has 1 fully saturated rings. The highest BCUT2D eigenvalue weighted by molar-refractivity contribution is 6.13. The van der Waals surface area contributed by atoms with Gasteiger partial charge in [0.15, 0.2) is 5.78 Å². The Balaban J connectivity index is 2.14. The molecule has 0 aliphatic carbocycles. The van der Waals surface area contributed by atoms with Crippen LogP contribution in [0, 0.1) is 0 Å². The standard InChI is InChI=1S/C15H17N3O3/c1-3-16-13-9-12(19)10-7-5-6-8-11(10)18(13)15(21)17(4-2)14(16)20/h5-8,13H,3-4,9H2,1-2H3. The van der Waals surface area contributed by atoms with E-state index < -0.39 is 6.17 Å². The first-order valence-corrected chi connectivity index (χ1v) is 7.13. The number of hydrogen-bond donors (Lipinski definition) is 0. The number of ketones is 1. The van der Waals surface area contributed by atoms with Gasteiger partial charge in [-0.05, 0) is 26.0 Å². The van der Waals surface area contributed by atoms with Crippen molar-refractivity contribution in [3.63, 3.8) is 0 Å². The molecule has 1 saturated heterocycles. The first-order valence-electron chi connectivity index (χ1n) is 7.13. The van der Waals surface area contributed by atoms with Gasteiger partial charge in [-0.2, -0.15) is 0 Å². The second kappa shape index (κ2) is 4.87. The molecular weight excluding hydrogens is 270 g/mol. The summed E-state index contributed by atoms with van der Waals surface area (Å²) in [5.41, 5.74) is 1.14. The van der Waals surface area contributed by atoms with Crippen LogP contribution in [0.1, 0.15) is 30.6 Å². The zero-order valence-corrected chi connectivity index (χ0v) is 12.1. The van der Waals surface area contributed by atoms with Gasteiger partial charge in [-0.1, -0.05) is 12.1 Å². The number of Topliss-reactive ketones (excluding diaryl/α,β-unsaturated/α-hetero) is 1. The van der Waals surface area contributed by atoms with E-state index in [1.54, 1.807) is 41.0 Å². The molecule has 4 amide bonds. The minimum absolute atomic E-state index is 0.0316. The van der Waals surface area contributed by atoms with E-state index in [9.17, 15) is 14.4 Å². The highest BCUT2D eigenvalue weighted by atomic mass is 16.2. The summed E-state index contributed by atoms with van der Waals surface area (Å²) in [6.45, 7) is 4.39. The number of nitrogens with zero attached hydrogens (tertiary/aromatic N) is 3. The summed E-state index contributed by atoms with van der Waals surface area (Å²) in [5.74, 6) is -0.0316. The number of rotatable bonds is 2. The fraction of sp³-hybridized carbons (Fsp3) is 0.400. The van der Waals surface area contributed by atoms with E-state index in [1.807, 2.05) is 6.92 Å². The Morgan fingerprint density at radius 3 is 2.43 bits per heavy atom. The number of anilines is 1. The van der Waals surface area contributed by atoms with Gasteiger partial charge in [0.05, 0.1) is 12.1 Å². The number of amides is 4. The number of fused-ring (bicyclic) bond motifs is 3. The van der Waals surface area contributed by atoms with Gasteiger partial charge in [-0.3, -0.25) is 9.69 Å². The van der Waals surface area contributed by atoms with Crippen molar-refractivity contribution in [2.45, 2.75) is 26.4 Å². The van der Waals surface area contributed by atoms with Gasteiger partial charge in [-0.15, -0.1) is 0 Å². The van der Waals surface area contributed by atoms with Crippen molar-refractivity contribution in [3.05, 3.63) is 29.8 Å². The van der Waals surface area contributed by atoms with E-state index >= 15 is 0 Å². The third-order valence-electron chi connectivity index (χ3n) is 4.06. The average molecular weight is 287 g/mol. The maximum atomic E-state index is 12.6. The molecule has 0 bridgehead atoms. The zero-order valence-electron chi connectivity index (χ0n) is 12.1. The lowest BCUT2D eigenvalue weighted by molar-refractivity contribution is 0.0869. The van der Waals surface area contributed by atoms with Gasteiger partial charge in [-0.25, -0.2) is 14.5 Å². The van der Waals surface area contributed by atoms with E-state index in [0.717, 1.165) is 0 Å². The van der Waals surface area contributed by atoms with Crippen molar-refractivity contribution in [2.24, 2.45) is 0 Å². The molecule has 6 nitrogen and oxygen atoms in total. The summed E-state index contributed by atoms with van der Waals surface area (Å²) in [6, 6.07) is 6.39. The Morgan fingerprint density at radius 1 is 1.05 bits per heavy atom. The van der Waals surface area contributed by atoms with Gasteiger partial charge in [0.1, 0.15) is 6.17 Å². The molecule has 6 heteroatoms. The second-order valence-electron chi connectivity index (χ2n) is 5.09. The quantitative estimate of drug-likeness (QED) is 0.838. The monoisotopic (exact) mass is 287 g/mol. The van der Waals surface area contributed by atoms with Crippen LogP contribution in [0.25, 0.3) is 0 Å². The van der Waals surface area contributed by atoms with E-state index in [1.165, 1.54) is 4.90 Å². The molecular formula is C15H17N3O3. The van der Waals surface area contributed by atoms with E-state index in [4.69, 9.17) is 0 Å². The Bertz CT molecular complexity index is 628. The lowest BCUT2D eigenvalue weighted by Crippen LogP contribution is -2.68. The van der Waals surface area contributed by atoms with Crippen molar-refractivity contribution < 1.29 is 14.4 Å². The van der Waals surface area contributed by atoms with E-state index in [2.05, 4.69) is 0 Å². The SMILES string of the molecule is CCN1C(=O)N(CC)C2CC(=O)c3ccccc3N2C1=O. The minimum Gasteiger partial charge on any atom is -0.303 e. The van der Waals surface area contributed by atoms with Crippen molar-refractivity contribution >= 4 is 23.5 Å². The first kappa shape index (κ1) is 13.6. The zero-order chi connectivity index (χ0) is 15.1. The Hall–Kier alpha value is -2.37. The maximum absolute atomic E-state index is 12.6. The number of carbonyl (C=O) groups is 3. The molecule has 21 heavy (non-hydrogen) atoms. The van der Waals surface area contributed by atoms with Gasteiger partial charge in [0.2, 0.25) is 0 Å². The number of urea groups is 2. The van der Waals surface area contributed by atoms with Crippen LogP contribution in [0.2, 0.25) is 0 Å². The van der Waals surface area contributed by atoms with Gasteiger partial charge in [0, 0.05) is 18.7 Å². The van der Waals surface area contributed by atoms with Crippen LogP contribution in [0.3, 0.4) is 0 Å². The number of benzene rings is 1. The molecule has 3 rings (SSSR count). The van der Waals surface area contributed by atoms with Crippen molar-refractivity contribution in [1.82, 2.24) is 9.80 Å². The second-order valence-corrected chi connectivity index (χ2v) is 5.09. The van der Waals surface area contributed by atoms with Crippen LogP contribution < -0.4 is 4.90 Å². The molecule has 0 spiro atoms. The normalized spacial score (nSPS) is 21.5. The molecule has 1 aromatic carbocycles. The van der Waals surface area contributed by atoms with Crippen LogP contribution in [0.4, 0.5) is 15.3 Å². The van der Waals surface area contributed by atoms with Gasteiger partial charge < -0.3 is 4.90 Å². The van der Waals surface area contributed by atoms with Gasteiger partial charge >= 0.3 is 12.1 Å². The van der Waals surface area contributed by atoms with Gasteiger partial charge in [0.25, 0.3) is 0 Å². The minimum atomic E-state index is -0.514. The maximum Gasteiger partial charge on any atom is 0.334 e. The molecule has 0 radical (unpaired) electrons. The average Bonchev–Trinajstić information content (AvgIpc) is 2.48. The fourth-order valence-corrected chi connectivity index (χ4v) is 3.04. The van der Waals surface area contributed by atoms with Crippen molar-refractivity contribution in [1.29, 1.82) is 0 Å². The predicted octanol–water partition coefficient (Wildman–Crippen LogP) is 2.30.